The molecule has 0 aromatic heterocycles. The average Bonchev–Trinajstić information content (AvgIpc) is 2.76. The van der Waals surface area contributed by atoms with Gasteiger partial charge in [-0.3, -0.25) is 4.79 Å². The lowest BCUT2D eigenvalue weighted by Crippen LogP contribution is -2.40. The summed E-state index contributed by atoms with van der Waals surface area (Å²) < 4.78 is 22.9. The molecular weight excluding hydrogens is 460 g/mol. The molecule has 2 heterocycles. The van der Waals surface area contributed by atoms with E-state index in [9.17, 15) is 13.2 Å². The van der Waals surface area contributed by atoms with E-state index in [4.69, 9.17) is 10.1 Å². The second-order valence-electron chi connectivity index (χ2n) is 8.38. The van der Waals surface area contributed by atoms with Gasteiger partial charge < -0.3 is 15.5 Å². The lowest BCUT2D eigenvalue weighted by Gasteiger charge is -2.33. The molecule has 4 rings (SSSR count). The molecule has 0 fully saturated rings. The number of nitrogens with zero attached hydrogens (tertiary/aromatic N) is 3. The van der Waals surface area contributed by atoms with Gasteiger partial charge in [-0.05, 0) is 49.4 Å². The minimum atomic E-state index is -3.75. The summed E-state index contributed by atoms with van der Waals surface area (Å²) in [6.45, 7) is 6.65. The molecule has 0 saturated carbocycles. The molecular formula is C22H26N6O3S2. The molecule has 0 spiro atoms. The molecule has 1 unspecified atom stereocenters. The summed E-state index contributed by atoms with van der Waals surface area (Å²) in [5.74, 6) is 0.960. The third kappa shape index (κ3) is 5.05. The minimum absolute atomic E-state index is 0.0352. The highest BCUT2D eigenvalue weighted by atomic mass is 32.2. The number of nitrogens with one attached hydrogen (secondary N) is 2. The van der Waals surface area contributed by atoms with Gasteiger partial charge in [-0.2, -0.15) is 0 Å². The molecule has 1 atom stereocenters. The van der Waals surface area contributed by atoms with Crippen molar-refractivity contribution in [3.05, 3.63) is 42.5 Å². The van der Waals surface area contributed by atoms with E-state index in [0.29, 0.717) is 23.9 Å². The molecule has 0 saturated heterocycles. The largest absolute Gasteiger partial charge is 0.363 e. The van der Waals surface area contributed by atoms with Gasteiger partial charge in [-0.15, -0.1) is 11.8 Å². The van der Waals surface area contributed by atoms with Gasteiger partial charge in [0.05, 0.1) is 16.3 Å². The molecule has 11 heteroatoms. The van der Waals surface area contributed by atoms with Gasteiger partial charge in [0, 0.05) is 34.4 Å². The number of hydrogen-bond acceptors (Lipinski definition) is 8. The lowest BCUT2D eigenvalue weighted by molar-refractivity contribution is -0.116. The van der Waals surface area contributed by atoms with Crippen LogP contribution in [0.4, 0.5) is 17.1 Å². The number of carbonyl (C=O) groups excluding carboxylic acids is 1. The molecule has 9 nitrogen and oxygen atoms in total. The number of sulfonamides is 1. The fourth-order valence-corrected chi connectivity index (χ4v) is 4.99. The Labute approximate surface area is 197 Å². The van der Waals surface area contributed by atoms with Crippen molar-refractivity contribution in [2.75, 3.05) is 27.8 Å². The molecule has 174 valence electrons. The van der Waals surface area contributed by atoms with E-state index in [1.165, 1.54) is 12.1 Å². The standard InChI is InChI=1S/C22H26N6O3S2/c1-4-28-17-11-15(7-10-18(17)32-12-19(28)29)25-20-22(2,3)13-24-21(27-20)26-14-5-8-16(9-6-14)33(23,30)31/h5-11,13,20,25H,4,12H2,1-3H3,(H,26,27)(H2,23,30,31). The second kappa shape index (κ2) is 8.81. The van der Waals surface area contributed by atoms with Crippen LogP contribution in [-0.4, -0.2) is 45.0 Å². The first kappa shape index (κ1) is 23.3. The van der Waals surface area contributed by atoms with Crippen LogP contribution in [0.3, 0.4) is 0 Å². The summed E-state index contributed by atoms with van der Waals surface area (Å²) in [6.07, 6.45) is 1.51. The number of aliphatic imine (C=N–C) groups is 2. The highest BCUT2D eigenvalue weighted by Crippen LogP contribution is 2.38. The molecule has 0 aliphatic carbocycles. The fourth-order valence-electron chi connectivity index (χ4n) is 3.56. The van der Waals surface area contributed by atoms with E-state index < -0.39 is 10.0 Å². The lowest BCUT2D eigenvalue weighted by atomic mass is 9.90. The van der Waals surface area contributed by atoms with Gasteiger partial charge in [0.1, 0.15) is 6.17 Å². The summed E-state index contributed by atoms with van der Waals surface area (Å²) in [5.41, 5.74) is 2.03. The van der Waals surface area contributed by atoms with E-state index in [-0.39, 0.29) is 22.4 Å². The first-order valence-corrected chi connectivity index (χ1v) is 13.0. The molecule has 4 N–H and O–H groups in total. The molecule has 2 aromatic carbocycles. The fraction of sp³-hybridized carbons (Fsp3) is 0.318. The van der Waals surface area contributed by atoms with Crippen LogP contribution in [0.25, 0.3) is 0 Å². The maximum Gasteiger partial charge on any atom is 0.238 e. The Hall–Kier alpha value is -2.89. The summed E-state index contributed by atoms with van der Waals surface area (Å²) in [4.78, 5) is 24.3. The molecule has 33 heavy (non-hydrogen) atoms. The summed E-state index contributed by atoms with van der Waals surface area (Å²) in [7, 11) is -3.75. The topological polar surface area (TPSA) is 129 Å². The Morgan fingerprint density at radius 1 is 1.18 bits per heavy atom. The number of primary sulfonamides is 1. The number of amides is 1. The zero-order valence-electron chi connectivity index (χ0n) is 18.6. The molecule has 1 amide bonds. The van der Waals surface area contributed by atoms with E-state index in [1.54, 1.807) is 28.8 Å². The number of anilines is 3. The first-order chi connectivity index (χ1) is 15.6. The quantitative estimate of drug-likeness (QED) is 0.596. The summed E-state index contributed by atoms with van der Waals surface area (Å²) >= 11 is 1.55. The third-order valence-corrected chi connectivity index (χ3v) is 7.41. The maximum atomic E-state index is 12.3. The van der Waals surface area contributed by atoms with Gasteiger partial charge in [0.2, 0.25) is 21.9 Å². The zero-order chi connectivity index (χ0) is 23.8. The van der Waals surface area contributed by atoms with Crippen LogP contribution in [-0.2, 0) is 14.8 Å². The van der Waals surface area contributed by atoms with E-state index in [2.05, 4.69) is 15.6 Å². The minimum Gasteiger partial charge on any atom is -0.363 e. The smallest absolute Gasteiger partial charge is 0.238 e. The highest BCUT2D eigenvalue weighted by molar-refractivity contribution is 8.00. The number of rotatable bonds is 5. The number of fused-ring (bicyclic) bond motifs is 1. The van der Waals surface area contributed by atoms with Crippen LogP contribution >= 0.6 is 11.8 Å². The number of benzene rings is 2. The van der Waals surface area contributed by atoms with Crippen LogP contribution in [0.15, 0.2) is 62.2 Å². The van der Waals surface area contributed by atoms with E-state index >= 15 is 0 Å². The number of nitrogens with two attached hydrogens (primary N) is 1. The van der Waals surface area contributed by atoms with Crippen LogP contribution in [0.5, 0.6) is 0 Å². The van der Waals surface area contributed by atoms with Crippen molar-refractivity contribution in [3.8, 4) is 0 Å². The Morgan fingerprint density at radius 3 is 2.55 bits per heavy atom. The molecule has 0 radical (unpaired) electrons. The third-order valence-electron chi connectivity index (χ3n) is 5.44. The average molecular weight is 487 g/mol. The predicted molar refractivity (Wildman–Crippen MR) is 134 cm³/mol. The van der Waals surface area contributed by atoms with E-state index in [0.717, 1.165) is 16.3 Å². The Bertz CT molecular complexity index is 1240. The Morgan fingerprint density at radius 2 is 1.88 bits per heavy atom. The predicted octanol–water partition coefficient (Wildman–Crippen LogP) is 3.11. The number of guanidine groups is 1. The van der Waals surface area contributed by atoms with Crippen LogP contribution < -0.4 is 20.7 Å². The normalized spacial score (nSPS) is 19.6. The van der Waals surface area contributed by atoms with Crippen molar-refractivity contribution < 1.29 is 13.2 Å². The zero-order valence-corrected chi connectivity index (χ0v) is 20.2. The Kier molecular flexibility index (Phi) is 6.21. The van der Waals surface area contributed by atoms with Crippen molar-refractivity contribution in [1.29, 1.82) is 0 Å². The number of carbonyl (C=O) groups is 1. The first-order valence-electron chi connectivity index (χ1n) is 10.4. The molecule has 2 aliphatic heterocycles. The van der Waals surface area contributed by atoms with Gasteiger partial charge >= 0.3 is 0 Å². The second-order valence-corrected chi connectivity index (χ2v) is 11.0. The summed E-state index contributed by atoms with van der Waals surface area (Å²) in [5, 5.41) is 11.7. The van der Waals surface area contributed by atoms with Crippen molar-refractivity contribution in [2.24, 2.45) is 20.5 Å². The van der Waals surface area contributed by atoms with Crippen LogP contribution in [0.2, 0.25) is 0 Å². The highest BCUT2D eigenvalue weighted by Gasteiger charge is 2.32. The van der Waals surface area contributed by atoms with Crippen molar-refractivity contribution in [1.82, 2.24) is 0 Å². The SMILES string of the molecule is CCN1C(=O)CSc2ccc(NC3N=C(Nc4ccc(S(N)(=O)=O)cc4)N=CC3(C)C)cc21. The van der Waals surface area contributed by atoms with Gasteiger partial charge in [-0.25, -0.2) is 23.5 Å². The van der Waals surface area contributed by atoms with Gasteiger partial charge in [-0.1, -0.05) is 13.8 Å². The van der Waals surface area contributed by atoms with Gasteiger partial charge in [0.25, 0.3) is 0 Å². The van der Waals surface area contributed by atoms with Crippen molar-refractivity contribution in [3.63, 3.8) is 0 Å². The van der Waals surface area contributed by atoms with Gasteiger partial charge in [0.15, 0.2) is 0 Å². The molecule has 2 aromatic rings. The van der Waals surface area contributed by atoms with E-state index in [1.807, 2.05) is 45.2 Å². The molecule has 2 aliphatic rings. The maximum absolute atomic E-state index is 12.3. The van der Waals surface area contributed by atoms with Crippen LogP contribution in [0.1, 0.15) is 20.8 Å². The van der Waals surface area contributed by atoms with Crippen molar-refractivity contribution in [2.45, 2.75) is 36.7 Å². The monoisotopic (exact) mass is 486 g/mol. The van der Waals surface area contributed by atoms with Crippen molar-refractivity contribution >= 4 is 56.9 Å². The molecule has 0 bridgehead atoms. The summed E-state index contributed by atoms with van der Waals surface area (Å²) in [6, 6.07) is 12.1. The Balaban J connectivity index is 1.55. The number of thioether (sulfide) groups is 1. The number of hydrogen-bond donors (Lipinski definition) is 3. The van der Waals surface area contributed by atoms with Crippen LogP contribution in [0, 0.1) is 5.41 Å².